The first-order chi connectivity index (χ1) is 14.5. The van der Waals surface area contributed by atoms with E-state index in [2.05, 4.69) is 10.3 Å². The summed E-state index contributed by atoms with van der Waals surface area (Å²) < 4.78 is 7.62. The first kappa shape index (κ1) is 18.4. The number of fused-ring (bicyclic) bond motifs is 5. The Bertz CT molecular complexity index is 1490. The molecule has 0 spiro atoms. The topological polar surface area (TPSA) is 72.7 Å². The Kier molecular flexibility index (Phi) is 4.10. The van der Waals surface area contributed by atoms with E-state index in [-0.39, 0.29) is 17.5 Å². The molecule has 1 atom stereocenters. The Balaban J connectivity index is 1.72. The van der Waals surface area contributed by atoms with Crippen LogP contribution in [0.3, 0.4) is 0 Å². The van der Waals surface area contributed by atoms with Crippen LogP contribution in [0.5, 0.6) is 5.75 Å². The van der Waals surface area contributed by atoms with Crippen LogP contribution in [0.15, 0.2) is 59.5 Å². The molecule has 150 valence electrons. The fourth-order valence-electron chi connectivity index (χ4n) is 4.08. The van der Waals surface area contributed by atoms with E-state index < -0.39 is 6.10 Å². The number of hydrogen-bond acceptors (Lipinski definition) is 4. The van der Waals surface area contributed by atoms with Crippen molar-refractivity contribution < 1.29 is 9.53 Å². The van der Waals surface area contributed by atoms with Gasteiger partial charge in [-0.05, 0) is 51.1 Å². The van der Waals surface area contributed by atoms with Crippen LogP contribution in [0.1, 0.15) is 20.8 Å². The van der Waals surface area contributed by atoms with Gasteiger partial charge in [0, 0.05) is 33.8 Å². The molecule has 30 heavy (non-hydrogen) atoms. The molecule has 3 heterocycles. The van der Waals surface area contributed by atoms with Crippen LogP contribution in [0.4, 0.5) is 0 Å². The van der Waals surface area contributed by atoms with Gasteiger partial charge in [0.15, 0.2) is 6.10 Å². The lowest BCUT2D eigenvalue weighted by atomic mass is 10.1. The van der Waals surface area contributed by atoms with Crippen molar-refractivity contribution in [1.29, 1.82) is 0 Å². The maximum absolute atomic E-state index is 13.3. The largest absolute Gasteiger partial charge is 0.481 e. The number of hydrogen-bond donors (Lipinski definition) is 1. The second kappa shape index (κ2) is 6.69. The molecule has 0 fully saturated rings. The average molecular weight is 399 g/mol. The maximum Gasteiger partial charge on any atom is 0.263 e. The minimum Gasteiger partial charge on any atom is -0.481 e. The molecule has 0 saturated carbocycles. The predicted molar refractivity (Wildman–Crippen MR) is 119 cm³/mol. The molecule has 0 unspecified atom stereocenters. The summed E-state index contributed by atoms with van der Waals surface area (Å²) in [5.41, 5.74) is 2.33. The standard InChI is InChI=1S/C24H21N3O3/c1-13(2)26-23(28)14(3)30-15-8-9-20-19(12-15)17-10-11-25-21-16-6-4-5-7-18(16)24(29)27(20)22(17)21/h4-14H,1-3H3,(H,26,28)/t14-/m1/s1. The van der Waals surface area contributed by atoms with E-state index in [9.17, 15) is 9.59 Å². The van der Waals surface area contributed by atoms with Gasteiger partial charge in [0.1, 0.15) is 5.75 Å². The third kappa shape index (κ3) is 2.68. The summed E-state index contributed by atoms with van der Waals surface area (Å²) >= 11 is 0. The monoisotopic (exact) mass is 399 g/mol. The lowest BCUT2D eigenvalue weighted by molar-refractivity contribution is -0.127. The number of benzene rings is 2. The molecule has 0 aliphatic heterocycles. The molecular weight excluding hydrogens is 378 g/mol. The Labute approximate surface area is 172 Å². The van der Waals surface area contributed by atoms with Crippen LogP contribution in [-0.2, 0) is 4.79 Å². The Morgan fingerprint density at radius 2 is 1.77 bits per heavy atom. The molecule has 1 N–H and O–H groups in total. The van der Waals surface area contributed by atoms with E-state index in [1.807, 2.05) is 56.3 Å². The van der Waals surface area contributed by atoms with Gasteiger partial charge in [-0.15, -0.1) is 0 Å². The molecule has 0 aliphatic rings. The summed E-state index contributed by atoms with van der Waals surface area (Å²) in [5, 5.41) is 6.17. The highest BCUT2D eigenvalue weighted by Crippen LogP contribution is 2.34. The number of pyridine rings is 2. The SMILES string of the molecule is CC(C)NC(=O)[C@@H](C)Oc1ccc2c(c1)c1ccnc3c4ccccc4c(=O)n2c13. The molecule has 0 saturated heterocycles. The molecule has 2 aromatic carbocycles. The van der Waals surface area contributed by atoms with Gasteiger partial charge in [0.05, 0.1) is 16.6 Å². The first-order valence-electron chi connectivity index (χ1n) is 10.00. The summed E-state index contributed by atoms with van der Waals surface area (Å²) in [6, 6.07) is 15.1. The highest BCUT2D eigenvalue weighted by Gasteiger charge is 2.19. The van der Waals surface area contributed by atoms with E-state index in [1.54, 1.807) is 23.6 Å². The lowest BCUT2D eigenvalue weighted by Gasteiger charge is -2.16. The van der Waals surface area contributed by atoms with Crippen LogP contribution < -0.4 is 15.6 Å². The van der Waals surface area contributed by atoms with Gasteiger partial charge < -0.3 is 10.1 Å². The number of aromatic nitrogens is 2. The quantitative estimate of drug-likeness (QED) is 0.466. The van der Waals surface area contributed by atoms with E-state index in [1.165, 1.54) is 0 Å². The van der Waals surface area contributed by atoms with Crippen molar-refractivity contribution in [3.63, 3.8) is 0 Å². The van der Waals surface area contributed by atoms with Crippen molar-refractivity contribution in [1.82, 2.24) is 14.7 Å². The zero-order valence-electron chi connectivity index (χ0n) is 17.0. The van der Waals surface area contributed by atoms with Gasteiger partial charge in [-0.3, -0.25) is 19.0 Å². The molecule has 0 aliphatic carbocycles. The molecule has 1 amide bonds. The van der Waals surface area contributed by atoms with Crippen molar-refractivity contribution in [2.24, 2.45) is 0 Å². The third-order valence-electron chi connectivity index (χ3n) is 5.38. The van der Waals surface area contributed by atoms with Crippen molar-refractivity contribution in [2.45, 2.75) is 32.9 Å². The Morgan fingerprint density at radius 3 is 2.53 bits per heavy atom. The van der Waals surface area contributed by atoms with E-state index in [0.29, 0.717) is 11.1 Å². The number of nitrogens with one attached hydrogen (secondary N) is 1. The fraction of sp³-hybridized carbons (Fsp3) is 0.208. The molecule has 5 aromatic rings. The summed E-state index contributed by atoms with van der Waals surface area (Å²) in [6.45, 7) is 5.54. The second-order valence-electron chi connectivity index (χ2n) is 7.84. The smallest absolute Gasteiger partial charge is 0.263 e. The molecule has 6 heteroatoms. The number of rotatable bonds is 4. The van der Waals surface area contributed by atoms with Crippen molar-refractivity contribution in [3.05, 3.63) is 65.1 Å². The van der Waals surface area contributed by atoms with Crippen LogP contribution in [0.25, 0.3) is 38.1 Å². The molecule has 6 nitrogen and oxygen atoms in total. The highest BCUT2D eigenvalue weighted by molar-refractivity contribution is 6.18. The minimum absolute atomic E-state index is 0.0455. The summed E-state index contributed by atoms with van der Waals surface area (Å²) in [6.07, 6.45) is 1.14. The van der Waals surface area contributed by atoms with Gasteiger partial charge in [-0.1, -0.05) is 18.2 Å². The number of amides is 1. The number of ether oxygens (including phenoxy) is 1. The van der Waals surface area contributed by atoms with Crippen molar-refractivity contribution in [2.75, 3.05) is 0 Å². The normalized spacial score (nSPS) is 12.9. The first-order valence-corrected chi connectivity index (χ1v) is 10.00. The van der Waals surface area contributed by atoms with Gasteiger partial charge in [0.2, 0.25) is 0 Å². The Hall–Kier alpha value is -3.67. The second-order valence-corrected chi connectivity index (χ2v) is 7.84. The average Bonchev–Trinajstić information content (AvgIpc) is 3.06. The predicted octanol–water partition coefficient (Wildman–Crippen LogP) is 3.88. The van der Waals surface area contributed by atoms with Gasteiger partial charge in [-0.25, -0.2) is 0 Å². The Morgan fingerprint density at radius 1 is 1.00 bits per heavy atom. The van der Waals surface area contributed by atoms with Crippen molar-refractivity contribution >= 4 is 44.0 Å². The minimum atomic E-state index is -0.628. The fourth-order valence-corrected chi connectivity index (χ4v) is 4.08. The lowest BCUT2D eigenvalue weighted by Crippen LogP contribution is -2.40. The van der Waals surface area contributed by atoms with E-state index in [4.69, 9.17) is 4.74 Å². The molecule has 3 aromatic heterocycles. The van der Waals surface area contributed by atoms with E-state index in [0.717, 1.165) is 32.7 Å². The van der Waals surface area contributed by atoms with Gasteiger partial charge in [-0.2, -0.15) is 0 Å². The molecule has 0 radical (unpaired) electrons. The third-order valence-corrected chi connectivity index (χ3v) is 5.38. The van der Waals surface area contributed by atoms with Crippen LogP contribution in [0.2, 0.25) is 0 Å². The number of carbonyl (C=O) groups is 1. The van der Waals surface area contributed by atoms with Crippen LogP contribution in [0, 0.1) is 0 Å². The van der Waals surface area contributed by atoms with Gasteiger partial charge in [0.25, 0.3) is 11.5 Å². The summed E-state index contributed by atoms with van der Waals surface area (Å²) in [5.74, 6) is 0.415. The molecule has 0 bridgehead atoms. The number of nitrogens with zero attached hydrogens (tertiary/aromatic N) is 2. The van der Waals surface area contributed by atoms with Gasteiger partial charge >= 0.3 is 0 Å². The zero-order chi connectivity index (χ0) is 21.0. The van der Waals surface area contributed by atoms with E-state index >= 15 is 0 Å². The number of carbonyl (C=O) groups excluding carboxylic acids is 1. The zero-order valence-corrected chi connectivity index (χ0v) is 17.0. The summed E-state index contributed by atoms with van der Waals surface area (Å²) in [4.78, 5) is 30.1. The maximum atomic E-state index is 13.3. The highest BCUT2D eigenvalue weighted by atomic mass is 16.5. The van der Waals surface area contributed by atoms with Crippen LogP contribution >= 0.6 is 0 Å². The molecular formula is C24H21N3O3. The summed E-state index contributed by atoms with van der Waals surface area (Å²) in [7, 11) is 0. The molecule has 5 rings (SSSR count). The van der Waals surface area contributed by atoms with Crippen molar-refractivity contribution in [3.8, 4) is 5.75 Å². The van der Waals surface area contributed by atoms with Crippen LogP contribution in [-0.4, -0.2) is 27.4 Å².